The highest BCUT2D eigenvalue weighted by molar-refractivity contribution is 5.80. The van der Waals surface area contributed by atoms with Gasteiger partial charge in [0.15, 0.2) is 0 Å². The minimum absolute atomic E-state index is 0.0189. The zero-order chi connectivity index (χ0) is 23.2. The molecule has 0 aromatic heterocycles. The third-order valence-electron chi connectivity index (χ3n) is 7.44. The van der Waals surface area contributed by atoms with Gasteiger partial charge in [-0.2, -0.15) is 0 Å². The molecule has 33 heavy (non-hydrogen) atoms. The quantitative estimate of drug-likeness (QED) is 0.685. The smallest absolute Gasteiger partial charge is 0.225 e. The summed E-state index contributed by atoms with van der Waals surface area (Å²) < 4.78 is 6.32. The molecule has 2 atom stereocenters. The lowest BCUT2D eigenvalue weighted by Crippen LogP contribution is -2.52. The van der Waals surface area contributed by atoms with Crippen LogP contribution in [0.5, 0.6) is 5.75 Å². The van der Waals surface area contributed by atoms with Gasteiger partial charge in [-0.15, -0.1) is 0 Å². The maximum Gasteiger partial charge on any atom is 0.225 e. The molecule has 7 nitrogen and oxygen atoms in total. The topological polar surface area (TPSA) is 70.2 Å². The molecule has 7 heteroatoms. The number of carbonyl (C=O) groups excluding carboxylic acids is 3. The van der Waals surface area contributed by atoms with E-state index in [2.05, 4.69) is 0 Å². The van der Waals surface area contributed by atoms with Crippen LogP contribution in [-0.2, 0) is 14.4 Å². The van der Waals surface area contributed by atoms with Gasteiger partial charge in [-0.1, -0.05) is 18.2 Å². The number of para-hydroxylation sites is 1. The van der Waals surface area contributed by atoms with E-state index in [0.717, 1.165) is 50.9 Å². The van der Waals surface area contributed by atoms with Crippen LogP contribution in [-0.4, -0.2) is 77.8 Å². The lowest BCUT2D eigenvalue weighted by atomic mass is 9.88. The van der Waals surface area contributed by atoms with Gasteiger partial charge >= 0.3 is 0 Å². The molecule has 0 saturated carbocycles. The first-order chi connectivity index (χ1) is 16.0. The number of hydrogen-bond donors (Lipinski definition) is 0. The highest BCUT2D eigenvalue weighted by Gasteiger charge is 2.38. The van der Waals surface area contributed by atoms with E-state index in [-0.39, 0.29) is 35.7 Å². The summed E-state index contributed by atoms with van der Waals surface area (Å²) >= 11 is 0. The standard InChI is InChI=1S/C26H37N3O4/c1-20(30)27-15-10-21(11-16-27)26(32)29-17-12-24(33-23-8-4-2-5-9-23)22(19-29)18-25(31)28-13-6-3-7-14-28/h2,4-5,8-9,21-22,24H,3,6-7,10-19H2,1H3/t22-,24-/m0/s1. The van der Waals surface area contributed by atoms with Crippen molar-refractivity contribution >= 4 is 17.7 Å². The molecule has 3 aliphatic rings. The Bertz CT molecular complexity index is 816. The van der Waals surface area contributed by atoms with Crippen molar-refractivity contribution in [3.8, 4) is 5.75 Å². The van der Waals surface area contributed by atoms with Gasteiger partial charge in [0.05, 0.1) is 0 Å². The Labute approximate surface area is 197 Å². The molecule has 3 amide bonds. The van der Waals surface area contributed by atoms with Crippen LogP contribution >= 0.6 is 0 Å². The molecule has 0 aliphatic carbocycles. The van der Waals surface area contributed by atoms with Gasteiger partial charge in [-0.25, -0.2) is 0 Å². The lowest BCUT2D eigenvalue weighted by molar-refractivity contribution is -0.144. The number of rotatable bonds is 5. The normalized spacial score (nSPS) is 24.5. The van der Waals surface area contributed by atoms with Gasteiger partial charge in [0, 0.05) is 70.9 Å². The van der Waals surface area contributed by atoms with E-state index in [4.69, 9.17) is 4.74 Å². The number of benzene rings is 1. The van der Waals surface area contributed by atoms with Crippen LogP contribution in [0.3, 0.4) is 0 Å². The van der Waals surface area contributed by atoms with Crippen LogP contribution < -0.4 is 4.74 Å². The molecule has 1 aromatic carbocycles. The van der Waals surface area contributed by atoms with Gasteiger partial charge in [0.1, 0.15) is 11.9 Å². The number of ether oxygens (including phenoxy) is 1. The van der Waals surface area contributed by atoms with Crippen molar-refractivity contribution in [2.45, 2.75) is 58.0 Å². The number of carbonyl (C=O) groups is 3. The summed E-state index contributed by atoms with van der Waals surface area (Å²) in [6, 6.07) is 9.77. The summed E-state index contributed by atoms with van der Waals surface area (Å²) in [4.78, 5) is 43.8. The van der Waals surface area contributed by atoms with E-state index in [1.807, 2.05) is 45.0 Å². The molecule has 0 bridgehead atoms. The summed E-state index contributed by atoms with van der Waals surface area (Å²) in [5, 5.41) is 0. The van der Waals surface area contributed by atoms with E-state index >= 15 is 0 Å². The van der Waals surface area contributed by atoms with Crippen LogP contribution in [0.4, 0.5) is 0 Å². The molecule has 180 valence electrons. The maximum atomic E-state index is 13.3. The zero-order valence-electron chi connectivity index (χ0n) is 19.8. The first-order valence-electron chi connectivity index (χ1n) is 12.5. The lowest BCUT2D eigenvalue weighted by Gasteiger charge is -2.41. The van der Waals surface area contributed by atoms with Crippen LogP contribution in [0.25, 0.3) is 0 Å². The Kier molecular flexibility index (Phi) is 7.89. The Morgan fingerprint density at radius 2 is 1.52 bits per heavy atom. The Hall–Kier alpha value is -2.57. The van der Waals surface area contributed by atoms with Crippen molar-refractivity contribution in [1.82, 2.24) is 14.7 Å². The Morgan fingerprint density at radius 3 is 2.18 bits per heavy atom. The second-order valence-corrected chi connectivity index (χ2v) is 9.73. The van der Waals surface area contributed by atoms with Crippen molar-refractivity contribution in [2.24, 2.45) is 11.8 Å². The average molecular weight is 456 g/mol. The van der Waals surface area contributed by atoms with Crippen molar-refractivity contribution in [3.05, 3.63) is 30.3 Å². The molecule has 0 radical (unpaired) electrons. The monoisotopic (exact) mass is 455 g/mol. The molecule has 3 heterocycles. The Morgan fingerprint density at radius 1 is 0.848 bits per heavy atom. The largest absolute Gasteiger partial charge is 0.490 e. The van der Waals surface area contributed by atoms with E-state index in [9.17, 15) is 14.4 Å². The highest BCUT2D eigenvalue weighted by atomic mass is 16.5. The molecule has 3 fully saturated rings. The van der Waals surface area contributed by atoms with Crippen molar-refractivity contribution in [1.29, 1.82) is 0 Å². The van der Waals surface area contributed by atoms with E-state index in [1.165, 1.54) is 6.42 Å². The summed E-state index contributed by atoms with van der Waals surface area (Å²) in [5.74, 6) is 1.20. The minimum Gasteiger partial charge on any atom is -0.490 e. The summed E-state index contributed by atoms with van der Waals surface area (Å²) in [6.45, 7) is 5.77. The molecular weight excluding hydrogens is 418 g/mol. The SMILES string of the molecule is CC(=O)N1CCC(C(=O)N2CC[C@H](Oc3ccccc3)[C@@H](CC(=O)N3CCCCC3)C2)CC1. The molecule has 0 N–H and O–H groups in total. The van der Waals surface area contributed by atoms with Crippen molar-refractivity contribution in [2.75, 3.05) is 39.3 Å². The zero-order valence-corrected chi connectivity index (χ0v) is 19.8. The second kappa shape index (κ2) is 11.0. The molecule has 3 aliphatic heterocycles. The van der Waals surface area contributed by atoms with Crippen LogP contribution in [0.1, 0.15) is 51.9 Å². The third-order valence-corrected chi connectivity index (χ3v) is 7.44. The van der Waals surface area contributed by atoms with Gasteiger partial charge in [0.25, 0.3) is 0 Å². The van der Waals surface area contributed by atoms with Crippen LogP contribution in [0, 0.1) is 11.8 Å². The second-order valence-electron chi connectivity index (χ2n) is 9.73. The van der Waals surface area contributed by atoms with E-state index in [0.29, 0.717) is 32.6 Å². The van der Waals surface area contributed by atoms with Gasteiger partial charge < -0.3 is 19.4 Å². The predicted molar refractivity (Wildman–Crippen MR) is 126 cm³/mol. The van der Waals surface area contributed by atoms with Crippen molar-refractivity contribution < 1.29 is 19.1 Å². The molecular formula is C26H37N3O4. The van der Waals surface area contributed by atoms with Crippen LogP contribution in [0.15, 0.2) is 30.3 Å². The highest BCUT2D eigenvalue weighted by Crippen LogP contribution is 2.29. The third kappa shape index (κ3) is 6.06. The van der Waals surface area contributed by atoms with E-state index in [1.54, 1.807) is 6.92 Å². The van der Waals surface area contributed by atoms with Gasteiger partial charge in [-0.3, -0.25) is 14.4 Å². The number of amides is 3. The van der Waals surface area contributed by atoms with Gasteiger partial charge in [0.2, 0.25) is 17.7 Å². The van der Waals surface area contributed by atoms with Gasteiger partial charge in [-0.05, 0) is 44.2 Å². The summed E-state index contributed by atoms with van der Waals surface area (Å²) in [5.41, 5.74) is 0. The number of hydrogen-bond acceptors (Lipinski definition) is 4. The fourth-order valence-electron chi connectivity index (χ4n) is 5.43. The maximum absolute atomic E-state index is 13.3. The fraction of sp³-hybridized carbons (Fsp3) is 0.654. The fourth-order valence-corrected chi connectivity index (χ4v) is 5.43. The minimum atomic E-state index is -0.0789. The number of likely N-dealkylation sites (tertiary alicyclic amines) is 3. The molecule has 1 aromatic rings. The molecule has 0 spiro atoms. The van der Waals surface area contributed by atoms with Crippen LogP contribution in [0.2, 0.25) is 0 Å². The molecule has 3 saturated heterocycles. The molecule has 0 unspecified atom stereocenters. The predicted octanol–water partition coefficient (Wildman–Crippen LogP) is 2.94. The number of piperidine rings is 3. The summed E-state index contributed by atoms with van der Waals surface area (Å²) in [7, 11) is 0. The summed E-state index contributed by atoms with van der Waals surface area (Å²) in [6.07, 6.45) is 5.84. The van der Waals surface area contributed by atoms with E-state index < -0.39 is 0 Å². The molecule has 4 rings (SSSR count). The average Bonchev–Trinajstić information content (AvgIpc) is 2.86. The number of nitrogens with zero attached hydrogens (tertiary/aromatic N) is 3. The first kappa shape index (κ1) is 23.6. The van der Waals surface area contributed by atoms with Crippen molar-refractivity contribution in [3.63, 3.8) is 0 Å². The Balaban J connectivity index is 1.41. The first-order valence-corrected chi connectivity index (χ1v) is 12.5.